The molecular formula is C25H28N4O5S. The van der Waals surface area contributed by atoms with Crippen molar-refractivity contribution < 1.29 is 23.8 Å². The maximum Gasteiger partial charge on any atom is 0.261 e. The van der Waals surface area contributed by atoms with Gasteiger partial charge in [0.25, 0.3) is 5.91 Å². The van der Waals surface area contributed by atoms with Crippen LogP contribution in [0, 0.1) is 6.92 Å². The Balaban J connectivity index is 1.45. The molecule has 10 heteroatoms. The lowest BCUT2D eigenvalue weighted by molar-refractivity contribution is -0.140. The summed E-state index contributed by atoms with van der Waals surface area (Å²) >= 11 is 1.54. The molecule has 1 aromatic carbocycles. The second kappa shape index (κ2) is 11.8. The number of para-hydroxylation sites is 2. The topological polar surface area (TPSA) is 94.1 Å². The molecule has 1 aliphatic rings. The molecule has 2 aromatic heterocycles. The summed E-state index contributed by atoms with van der Waals surface area (Å²) in [7, 11) is 1.54. The SMILES string of the molecule is COc1ccccc1OCC(=O)N1CC(=O)N(Cc2csc(C)n2)CC(OCc2ccccn2)C1. The Kier molecular flexibility index (Phi) is 8.27. The van der Waals surface area contributed by atoms with Crippen molar-refractivity contribution >= 4 is 23.2 Å². The standard InChI is InChI=1S/C25H28N4O5S/c1-18-27-20(17-35-18)11-28-12-21(33-15-19-7-5-6-10-26-19)13-29(14-24(28)30)25(31)16-34-23-9-4-3-8-22(23)32-2/h3-10,17,21H,11-16H2,1-2H3. The molecule has 1 aliphatic heterocycles. The molecule has 3 aromatic rings. The largest absolute Gasteiger partial charge is 0.493 e. The fourth-order valence-corrected chi connectivity index (χ4v) is 4.36. The number of amides is 2. The molecule has 4 rings (SSSR count). The number of aryl methyl sites for hydroxylation is 1. The van der Waals surface area contributed by atoms with Crippen LogP contribution in [-0.4, -0.2) is 71.0 Å². The Labute approximate surface area is 208 Å². The summed E-state index contributed by atoms with van der Waals surface area (Å²) in [6, 6.07) is 12.7. The molecule has 184 valence electrons. The lowest BCUT2D eigenvalue weighted by atomic mass is 10.3. The van der Waals surface area contributed by atoms with Gasteiger partial charge in [0, 0.05) is 24.7 Å². The van der Waals surface area contributed by atoms with Crippen molar-refractivity contribution in [3.63, 3.8) is 0 Å². The molecule has 0 N–H and O–H groups in total. The quantitative estimate of drug-likeness (QED) is 0.450. The highest BCUT2D eigenvalue weighted by Gasteiger charge is 2.31. The van der Waals surface area contributed by atoms with Gasteiger partial charge in [-0.3, -0.25) is 14.6 Å². The van der Waals surface area contributed by atoms with Gasteiger partial charge < -0.3 is 24.0 Å². The number of benzene rings is 1. The van der Waals surface area contributed by atoms with E-state index < -0.39 is 6.10 Å². The van der Waals surface area contributed by atoms with Crippen LogP contribution in [0.4, 0.5) is 0 Å². The highest BCUT2D eigenvalue weighted by molar-refractivity contribution is 7.09. The average Bonchev–Trinajstić information content (AvgIpc) is 3.22. The molecule has 1 atom stereocenters. The fourth-order valence-electron chi connectivity index (χ4n) is 3.76. The van der Waals surface area contributed by atoms with Crippen LogP contribution in [0.25, 0.3) is 0 Å². The minimum absolute atomic E-state index is 0.0549. The van der Waals surface area contributed by atoms with Crippen LogP contribution in [0.1, 0.15) is 16.4 Å². The maximum atomic E-state index is 13.1. The molecule has 9 nitrogen and oxygen atoms in total. The Morgan fingerprint density at radius 3 is 2.63 bits per heavy atom. The summed E-state index contributed by atoms with van der Waals surface area (Å²) in [6.07, 6.45) is 1.32. The third-order valence-corrected chi connectivity index (χ3v) is 6.33. The van der Waals surface area contributed by atoms with Crippen molar-refractivity contribution in [3.8, 4) is 11.5 Å². The number of thiazole rings is 1. The van der Waals surface area contributed by atoms with Crippen LogP contribution in [0.15, 0.2) is 54.0 Å². The Morgan fingerprint density at radius 2 is 1.91 bits per heavy atom. The number of hydrogen-bond acceptors (Lipinski definition) is 8. The Hall–Kier alpha value is -3.50. The predicted octanol–water partition coefficient (Wildman–Crippen LogP) is 2.69. The van der Waals surface area contributed by atoms with Crippen LogP contribution in [-0.2, 0) is 27.5 Å². The summed E-state index contributed by atoms with van der Waals surface area (Å²) in [4.78, 5) is 38.2. The molecule has 1 unspecified atom stereocenters. The number of methoxy groups -OCH3 is 1. The smallest absolute Gasteiger partial charge is 0.261 e. The summed E-state index contributed by atoms with van der Waals surface area (Å²) in [5.41, 5.74) is 1.60. The van der Waals surface area contributed by atoms with Gasteiger partial charge >= 0.3 is 0 Å². The Morgan fingerprint density at radius 1 is 1.11 bits per heavy atom. The third-order valence-electron chi connectivity index (χ3n) is 5.51. The first kappa shape index (κ1) is 24.6. The van der Waals surface area contributed by atoms with Crippen LogP contribution >= 0.6 is 11.3 Å². The third kappa shape index (κ3) is 6.77. The number of aromatic nitrogens is 2. The van der Waals surface area contributed by atoms with E-state index in [2.05, 4.69) is 9.97 Å². The number of ether oxygens (including phenoxy) is 3. The van der Waals surface area contributed by atoms with Gasteiger partial charge in [-0.2, -0.15) is 0 Å². The van der Waals surface area contributed by atoms with Gasteiger partial charge in [0.2, 0.25) is 5.91 Å². The Bertz CT molecular complexity index is 1140. The van der Waals surface area contributed by atoms with Crippen molar-refractivity contribution in [1.29, 1.82) is 0 Å². The first-order valence-corrected chi connectivity index (χ1v) is 12.1. The number of hydrogen-bond donors (Lipinski definition) is 0. The molecule has 1 fully saturated rings. The van der Waals surface area contributed by atoms with Gasteiger partial charge in [-0.15, -0.1) is 11.3 Å². The minimum Gasteiger partial charge on any atom is -0.493 e. The number of carbonyl (C=O) groups excluding carboxylic acids is 2. The van der Waals surface area contributed by atoms with E-state index >= 15 is 0 Å². The van der Waals surface area contributed by atoms with Gasteiger partial charge in [-0.25, -0.2) is 4.98 Å². The maximum absolute atomic E-state index is 13.1. The number of carbonyl (C=O) groups is 2. The number of rotatable bonds is 9. The summed E-state index contributed by atoms with van der Waals surface area (Å²) < 4.78 is 17.1. The normalized spacial score (nSPS) is 16.2. The molecule has 1 saturated heterocycles. The van der Waals surface area contributed by atoms with Crippen molar-refractivity contribution in [2.75, 3.05) is 33.4 Å². The molecule has 0 bridgehead atoms. The van der Waals surface area contributed by atoms with E-state index in [9.17, 15) is 9.59 Å². The van der Waals surface area contributed by atoms with Crippen molar-refractivity contribution in [1.82, 2.24) is 19.8 Å². The van der Waals surface area contributed by atoms with Crippen molar-refractivity contribution in [2.24, 2.45) is 0 Å². The highest BCUT2D eigenvalue weighted by atomic mass is 32.1. The molecule has 3 heterocycles. The van der Waals surface area contributed by atoms with Gasteiger partial charge in [0.1, 0.15) is 0 Å². The summed E-state index contributed by atoms with van der Waals surface area (Å²) in [6.45, 7) is 2.92. The van der Waals surface area contributed by atoms with E-state index in [1.807, 2.05) is 36.6 Å². The molecule has 0 spiro atoms. The molecule has 0 radical (unpaired) electrons. The first-order valence-electron chi connectivity index (χ1n) is 11.3. The van der Waals surface area contributed by atoms with E-state index in [1.54, 1.807) is 47.7 Å². The van der Waals surface area contributed by atoms with E-state index in [-0.39, 0.29) is 38.1 Å². The predicted molar refractivity (Wildman–Crippen MR) is 130 cm³/mol. The lowest BCUT2D eigenvalue weighted by Crippen LogP contribution is -2.42. The molecular weight excluding hydrogens is 468 g/mol. The van der Waals surface area contributed by atoms with Crippen molar-refractivity contribution in [3.05, 3.63) is 70.4 Å². The van der Waals surface area contributed by atoms with Crippen LogP contribution in [0.3, 0.4) is 0 Å². The van der Waals surface area contributed by atoms with E-state index in [4.69, 9.17) is 14.2 Å². The zero-order chi connectivity index (χ0) is 24.6. The second-order valence-electron chi connectivity index (χ2n) is 8.10. The van der Waals surface area contributed by atoms with Gasteiger partial charge in [0.15, 0.2) is 18.1 Å². The average molecular weight is 497 g/mol. The lowest BCUT2D eigenvalue weighted by Gasteiger charge is -2.24. The van der Waals surface area contributed by atoms with Crippen LogP contribution in [0.5, 0.6) is 11.5 Å². The van der Waals surface area contributed by atoms with Crippen molar-refractivity contribution in [2.45, 2.75) is 26.2 Å². The van der Waals surface area contributed by atoms with E-state index in [1.165, 1.54) is 4.90 Å². The molecule has 35 heavy (non-hydrogen) atoms. The number of pyridine rings is 1. The minimum atomic E-state index is -0.390. The van der Waals surface area contributed by atoms with E-state index in [0.717, 1.165) is 16.4 Å². The summed E-state index contributed by atoms with van der Waals surface area (Å²) in [5.74, 6) is 0.536. The van der Waals surface area contributed by atoms with Gasteiger partial charge in [-0.05, 0) is 31.2 Å². The molecule has 0 aliphatic carbocycles. The number of nitrogens with zero attached hydrogens (tertiary/aromatic N) is 4. The zero-order valence-corrected chi connectivity index (χ0v) is 20.6. The van der Waals surface area contributed by atoms with Gasteiger partial charge in [-0.1, -0.05) is 18.2 Å². The van der Waals surface area contributed by atoms with E-state index in [0.29, 0.717) is 24.6 Å². The van der Waals surface area contributed by atoms with Crippen LogP contribution < -0.4 is 9.47 Å². The zero-order valence-electron chi connectivity index (χ0n) is 19.8. The highest BCUT2D eigenvalue weighted by Crippen LogP contribution is 2.26. The molecule has 0 saturated carbocycles. The summed E-state index contributed by atoms with van der Waals surface area (Å²) in [5, 5.41) is 2.89. The monoisotopic (exact) mass is 496 g/mol. The fraction of sp³-hybridized carbons (Fsp3) is 0.360. The van der Waals surface area contributed by atoms with Gasteiger partial charge in [0.05, 0.1) is 49.3 Å². The van der Waals surface area contributed by atoms with Crippen LogP contribution in [0.2, 0.25) is 0 Å². The first-order chi connectivity index (χ1) is 17.0. The molecule has 2 amide bonds. The second-order valence-corrected chi connectivity index (χ2v) is 9.16.